The Morgan fingerprint density at radius 2 is 1.78 bits per heavy atom. The van der Waals surface area contributed by atoms with Crippen LogP contribution in [0.5, 0.6) is 0 Å². The number of alkyl halides is 3. The van der Waals surface area contributed by atoms with E-state index in [-0.39, 0.29) is 19.2 Å². The molecule has 0 aromatic rings. The average Bonchev–Trinajstić information content (AvgIpc) is 2.37. The molecule has 0 aromatic heterocycles. The van der Waals surface area contributed by atoms with Crippen molar-refractivity contribution in [2.45, 2.75) is 31.7 Å². The van der Waals surface area contributed by atoms with E-state index in [1.54, 1.807) is 0 Å². The molecule has 1 rings (SSSR count). The van der Waals surface area contributed by atoms with Crippen LogP contribution in [0, 0.1) is 20.2 Å². The maximum absolute atomic E-state index is 13.0. The van der Waals surface area contributed by atoms with Crippen LogP contribution in [0.15, 0.2) is 23.0 Å². The number of nitrogens with zero attached hydrogens (tertiary/aromatic N) is 3. The van der Waals surface area contributed by atoms with Crippen LogP contribution in [-0.4, -0.2) is 45.7 Å². The van der Waals surface area contributed by atoms with Crippen molar-refractivity contribution in [3.8, 4) is 0 Å². The third-order valence-electron chi connectivity index (χ3n) is 3.71. The third kappa shape index (κ3) is 2.99. The monoisotopic (exact) mass is 339 g/mol. The lowest BCUT2D eigenvalue weighted by Gasteiger charge is -2.40. The van der Waals surface area contributed by atoms with E-state index >= 15 is 0 Å². The van der Waals surface area contributed by atoms with Crippen molar-refractivity contribution >= 4 is 0 Å². The number of allylic oxidation sites excluding steroid dienone is 2. The summed E-state index contributed by atoms with van der Waals surface area (Å²) in [6.07, 6.45) is -4.90. The predicted molar refractivity (Wildman–Crippen MR) is 73.0 cm³/mol. The molecule has 0 aromatic carbocycles. The largest absolute Gasteiger partial charge is 0.418 e. The molecule has 0 bridgehead atoms. The van der Waals surface area contributed by atoms with Crippen LogP contribution >= 0.6 is 0 Å². The second-order valence-electron chi connectivity index (χ2n) is 4.84. The second kappa shape index (κ2) is 6.12. The zero-order valence-corrected chi connectivity index (χ0v) is 12.3. The molecular formula is C11H16F3N5O4. The van der Waals surface area contributed by atoms with E-state index < -0.39 is 44.7 Å². The first-order valence-corrected chi connectivity index (χ1v) is 6.53. The van der Waals surface area contributed by atoms with E-state index in [2.05, 4.69) is 0 Å². The van der Waals surface area contributed by atoms with E-state index in [0.717, 1.165) is 4.90 Å². The maximum atomic E-state index is 13.0. The summed E-state index contributed by atoms with van der Waals surface area (Å²) in [5.41, 5.74) is 4.95. The van der Waals surface area contributed by atoms with Crippen molar-refractivity contribution in [3.63, 3.8) is 0 Å². The van der Waals surface area contributed by atoms with Gasteiger partial charge >= 0.3 is 6.18 Å². The Kier molecular flexibility index (Phi) is 5.01. The lowest BCUT2D eigenvalue weighted by atomic mass is 9.84. The summed E-state index contributed by atoms with van der Waals surface area (Å²) in [6.45, 7) is 3.12. The highest BCUT2D eigenvalue weighted by molar-refractivity contribution is 5.42. The number of nitrogens with two attached hydrogens (primary N) is 2. The van der Waals surface area contributed by atoms with Crippen LogP contribution in [-0.2, 0) is 0 Å². The standard InChI is InChI=1S/C11H16F3N5O4/c1-3-17(4-2)10(16)7(18(20)21)5-6(11(12,13)14)8(15)9(10)19(22)23/h5,9H,3-4,15-16H2,1-2H3. The SMILES string of the molecule is CCN(CC)C1(N)C([N+](=O)[O-])=CC(C(F)(F)F)=C(N)C1[N+](=O)[O-]. The molecule has 9 nitrogen and oxygen atoms in total. The minimum Gasteiger partial charge on any atom is -0.396 e. The molecule has 0 fully saturated rings. The fourth-order valence-corrected chi connectivity index (χ4v) is 2.66. The lowest BCUT2D eigenvalue weighted by molar-refractivity contribution is -0.542. The smallest absolute Gasteiger partial charge is 0.396 e. The topological polar surface area (TPSA) is 142 Å². The number of halogens is 3. The van der Waals surface area contributed by atoms with Crippen molar-refractivity contribution in [3.05, 3.63) is 43.3 Å². The van der Waals surface area contributed by atoms with Gasteiger partial charge in [0.1, 0.15) is 0 Å². The number of hydrogen-bond donors (Lipinski definition) is 2. The summed E-state index contributed by atoms with van der Waals surface area (Å²) >= 11 is 0. The van der Waals surface area contributed by atoms with Crippen LogP contribution in [0.4, 0.5) is 13.2 Å². The molecule has 23 heavy (non-hydrogen) atoms. The van der Waals surface area contributed by atoms with E-state index in [4.69, 9.17) is 11.5 Å². The Morgan fingerprint density at radius 1 is 1.30 bits per heavy atom. The molecule has 0 saturated heterocycles. The first kappa shape index (κ1) is 18.8. The number of rotatable bonds is 5. The molecule has 130 valence electrons. The minimum atomic E-state index is -5.08. The van der Waals surface area contributed by atoms with Crippen molar-refractivity contribution in [1.29, 1.82) is 0 Å². The van der Waals surface area contributed by atoms with Crippen LogP contribution < -0.4 is 11.5 Å². The molecule has 1 aliphatic carbocycles. The number of nitro groups is 2. The van der Waals surface area contributed by atoms with Crippen LogP contribution in [0.2, 0.25) is 0 Å². The average molecular weight is 339 g/mol. The summed E-state index contributed by atoms with van der Waals surface area (Å²) in [6, 6.07) is -2.30. The van der Waals surface area contributed by atoms with Gasteiger partial charge in [-0.05, 0) is 13.1 Å². The van der Waals surface area contributed by atoms with Gasteiger partial charge in [0.2, 0.25) is 5.66 Å². The summed E-state index contributed by atoms with van der Waals surface area (Å²) in [5, 5.41) is 22.6. The molecule has 0 radical (unpaired) electrons. The molecular weight excluding hydrogens is 323 g/mol. The predicted octanol–water partition coefficient (Wildman–Crippen LogP) is 0.578. The van der Waals surface area contributed by atoms with Gasteiger partial charge in [-0.25, -0.2) is 0 Å². The fraction of sp³-hybridized carbons (Fsp3) is 0.636. The van der Waals surface area contributed by atoms with Gasteiger partial charge in [-0.3, -0.25) is 30.9 Å². The molecule has 0 saturated carbocycles. The number of hydrogen-bond acceptors (Lipinski definition) is 7. The van der Waals surface area contributed by atoms with E-state index in [9.17, 15) is 33.4 Å². The minimum absolute atomic E-state index is 0.0388. The van der Waals surface area contributed by atoms with Gasteiger partial charge in [0.25, 0.3) is 11.7 Å². The molecule has 12 heteroatoms. The molecule has 1 aliphatic rings. The molecule has 0 heterocycles. The van der Waals surface area contributed by atoms with Crippen LogP contribution in [0.3, 0.4) is 0 Å². The Morgan fingerprint density at radius 3 is 2.09 bits per heavy atom. The third-order valence-corrected chi connectivity index (χ3v) is 3.71. The fourth-order valence-electron chi connectivity index (χ4n) is 2.66. The highest BCUT2D eigenvalue weighted by Crippen LogP contribution is 2.40. The van der Waals surface area contributed by atoms with Gasteiger partial charge < -0.3 is 5.73 Å². The normalized spacial score (nSPS) is 25.5. The first-order chi connectivity index (χ1) is 10.4. The highest BCUT2D eigenvalue weighted by atomic mass is 19.4. The van der Waals surface area contributed by atoms with Gasteiger partial charge in [0.15, 0.2) is 0 Å². The van der Waals surface area contributed by atoms with Gasteiger partial charge in [-0.15, -0.1) is 0 Å². The molecule has 0 aliphatic heterocycles. The zero-order chi connectivity index (χ0) is 18.2. The van der Waals surface area contributed by atoms with Crippen molar-refractivity contribution in [2.75, 3.05) is 13.1 Å². The lowest BCUT2D eigenvalue weighted by Crippen LogP contribution is -2.70. The van der Waals surface area contributed by atoms with E-state index in [0.29, 0.717) is 0 Å². The summed E-state index contributed by atoms with van der Waals surface area (Å²) in [5.74, 6) is 0. The highest BCUT2D eigenvalue weighted by Gasteiger charge is 2.62. The molecule has 2 unspecified atom stereocenters. The number of likely N-dealkylation sites (N-methyl/N-ethyl adjacent to an activating group) is 1. The maximum Gasteiger partial charge on any atom is 0.418 e. The van der Waals surface area contributed by atoms with Crippen molar-refractivity contribution in [2.24, 2.45) is 11.5 Å². The molecule has 2 atom stereocenters. The van der Waals surface area contributed by atoms with Gasteiger partial charge in [-0.1, -0.05) is 13.8 Å². The molecule has 4 N–H and O–H groups in total. The Labute approximate surface area is 128 Å². The van der Waals surface area contributed by atoms with Gasteiger partial charge in [-0.2, -0.15) is 13.2 Å². The van der Waals surface area contributed by atoms with E-state index in [1.165, 1.54) is 13.8 Å². The van der Waals surface area contributed by atoms with Crippen LogP contribution in [0.25, 0.3) is 0 Å². The summed E-state index contributed by atoms with van der Waals surface area (Å²) < 4.78 is 39.0. The molecule has 0 amide bonds. The molecule has 0 spiro atoms. The van der Waals surface area contributed by atoms with E-state index in [1.807, 2.05) is 0 Å². The Balaban J connectivity index is 3.77. The van der Waals surface area contributed by atoms with Gasteiger partial charge in [0, 0.05) is 11.0 Å². The summed E-state index contributed by atoms with van der Waals surface area (Å²) in [4.78, 5) is 21.4. The zero-order valence-electron chi connectivity index (χ0n) is 12.3. The van der Waals surface area contributed by atoms with Crippen molar-refractivity contribution < 1.29 is 23.0 Å². The Hall–Kier alpha value is -2.21. The van der Waals surface area contributed by atoms with Crippen molar-refractivity contribution in [1.82, 2.24) is 4.90 Å². The van der Waals surface area contributed by atoms with Gasteiger partial charge in [0.05, 0.1) is 16.2 Å². The summed E-state index contributed by atoms with van der Waals surface area (Å²) in [7, 11) is 0. The first-order valence-electron chi connectivity index (χ1n) is 6.53. The van der Waals surface area contributed by atoms with Crippen LogP contribution in [0.1, 0.15) is 13.8 Å². The Bertz CT molecular complexity index is 585. The second-order valence-corrected chi connectivity index (χ2v) is 4.84. The quantitative estimate of drug-likeness (QED) is 0.424.